The second-order valence-electron chi connectivity index (χ2n) is 6.72. The average molecular weight is 348 g/mol. The third-order valence-electron chi connectivity index (χ3n) is 4.79. The average Bonchev–Trinajstić information content (AvgIpc) is 2.68. The number of fused-ring (bicyclic) bond motifs is 1. The van der Waals surface area contributed by atoms with E-state index in [1.807, 2.05) is 24.5 Å². The zero-order valence-electron chi connectivity index (χ0n) is 14.7. The van der Waals surface area contributed by atoms with Gasteiger partial charge in [-0.2, -0.15) is 0 Å². The number of benzene rings is 2. The number of aromatic nitrogens is 1. The Hall–Kier alpha value is -2.72. The highest BCUT2D eigenvalue weighted by atomic mass is 19.1. The van der Waals surface area contributed by atoms with Gasteiger partial charge in [-0.05, 0) is 54.4 Å². The lowest BCUT2D eigenvalue weighted by atomic mass is 10.0. The second kappa shape index (κ2) is 7.26. The molecule has 0 aliphatic carbocycles. The third-order valence-corrected chi connectivity index (χ3v) is 4.79. The van der Waals surface area contributed by atoms with Gasteiger partial charge in [0, 0.05) is 30.9 Å². The number of aryl methyl sites for hydroxylation is 1. The summed E-state index contributed by atoms with van der Waals surface area (Å²) in [4.78, 5) is 6.57. The van der Waals surface area contributed by atoms with E-state index in [4.69, 9.17) is 4.74 Å². The number of halogens is 1. The van der Waals surface area contributed by atoms with Crippen LogP contribution in [-0.4, -0.2) is 23.2 Å². The van der Waals surface area contributed by atoms with E-state index in [0.29, 0.717) is 0 Å². The summed E-state index contributed by atoms with van der Waals surface area (Å²) in [5.74, 6) is 0.751. The van der Waals surface area contributed by atoms with Gasteiger partial charge in [0.1, 0.15) is 11.6 Å². The number of hydrogen-bond donors (Lipinski definition) is 0. The Balaban J connectivity index is 1.47. The van der Waals surface area contributed by atoms with E-state index in [-0.39, 0.29) is 12.0 Å². The van der Waals surface area contributed by atoms with Crippen molar-refractivity contribution in [2.45, 2.75) is 25.6 Å². The Labute approximate surface area is 153 Å². The first-order valence-electron chi connectivity index (χ1n) is 8.84. The summed E-state index contributed by atoms with van der Waals surface area (Å²) in [6.07, 6.45) is 5.74. The molecule has 1 aliphatic rings. The van der Waals surface area contributed by atoms with Gasteiger partial charge in [-0.25, -0.2) is 4.39 Å². The van der Waals surface area contributed by atoms with E-state index in [9.17, 15) is 4.39 Å². The maximum absolute atomic E-state index is 13.1. The summed E-state index contributed by atoms with van der Waals surface area (Å²) in [7, 11) is 2.07. The fourth-order valence-corrected chi connectivity index (χ4v) is 3.38. The van der Waals surface area contributed by atoms with Crippen LogP contribution in [0, 0.1) is 5.82 Å². The molecule has 3 aromatic rings. The van der Waals surface area contributed by atoms with Crippen LogP contribution in [0.2, 0.25) is 0 Å². The van der Waals surface area contributed by atoms with Gasteiger partial charge in [-0.1, -0.05) is 30.3 Å². The maximum atomic E-state index is 13.1. The number of para-hydroxylation sites is 1. The molecule has 2 heterocycles. The van der Waals surface area contributed by atoms with Crippen LogP contribution >= 0.6 is 0 Å². The van der Waals surface area contributed by atoms with Crippen molar-refractivity contribution >= 4 is 0 Å². The minimum Gasteiger partial charge on any atom is -0.475 e. The number of rotatable bonds is 4. The molecule has 3 nitrogen and oxygen atoms in total. The molecule has 0 spiro atoms. The summed E-state index contributed by atoms with van der Waals surface area (Å²) in [5, 5.41) is 0. The molecule has 4 heteroatoms. The van der Waals surface area contributed by atoms with E-state index in [2.05, 4.69) is 35.1 Å². The van der Waals surface area contributed by atoms with Crippen LogP contribution in [0.1, 0.15) is 17.5 Å². The first-order chi connectivity index (χ1) is 12.7. The van der Waals surface area contributed by atoms with Crippen LogP contribution in [0.15, 0.2) is 67.0 Å². The summed E-state index contributed by atoms with van der Waals surface area (Å²) in [6.45, 7) is 0.745. The van der Waals surface area contributed by atoms with Crippen LogP contribution < -0.4 is 4.74 Å². The van der Waals surface area contributed by atoms with Crippen LogP contribution in [0.25, 0.3) is 11.1 Å². The normalized spacial score (nSPS) is 16.2. The Morgan fingerprint density at radius 1 is 1.08 bits per heavy atom. The number of pyridine rings is 1. The first-order valence-corrected chi connectivity index (χ1v) is 8.84. The highest BCUT2D eigenvalue weighted by Crippen LogP contribution is 2.29. The molecule has 0 saturated carbocycles. The Bertz CT molecular complexity index is 895. The van der Waals surface area contributed by atoms with Gasteiger partial charge in [0.25, 0.3) is 0 Å². The van der Waals surface area contributed by atoms with Gasteiger partial charge in [-0.3, -0.25) is 9.88 Å². The van der Waals surface area contributed by atoms with Gasteiger partial charge < -0.3 is 4.74 Å². The standard InChI is InChI=1S/C22H21FN2O/c1-25(22-11-8-18-4-2-3-5-21(18)26-22)15-16-12-19(14-24-13-16)17-6-9-20(23)10-7-17/h2-7,9-10,12-14,22H,8,11,15H2,1H3. The number of hydrogen-bond acceptors (Lipinski definition) is 3. The summed E-state index contributed by atoms with van der Waals surface area (Å²) in [6, 6.07) is 16.8. The van der Waals surface area contributed by atoms with Crippen molar-refractivity contribution < 1.29 is 9.13 Å². The van der Waals surface area contributed by atoms with Crippen LogP contribution in [0.3, 0.4) is 0 Å². The molecule has 0 radical (unpaired) electrons. The first kappa shape index (κ1) is 16.7. The van der Waals surface area contributed by atoms with Gasteiger partial charge >= 0.3 is 0 Å². The van der Waals surface area contributed by atoms with Gasteiger partial charge in [0.05, 0.1) is 0 Å². The molecule has 1 unspecified atom stereocenters. The molecule has 26 heavy (non-hydrogen) atoms. The van der Waals surface area contributed by atoms with Crippen molar-refractivity contribution in [1.82, 2.24) is 9.88 Å². The van der Waals surface area contributed by atoms with Crippen LogP contribution in [0.5, 0.6) is 5.75 Å². The topological polar surface area (TPSA) is 25.4 Å². The molecule has 0 bridgehead atoms. The summed E-state index contributed by atoms with van der Waals surface area (Å²) < 4.78 is 19.3. The number of nitrogens with zero attached hydrogens (tertiary/aromatic N) is 2. The molecular weight excluding hydrogens is 327 g/mol. The van der Waals surface area contributed by atoms with E-state index >= 15 is 0 Å². The zero-order chi connectivity index (χ0) is 17.9. The van der Waals surface area contributed by atoms with Crippen molar-refractivity contribution in [3.63, 3.8) is 0 Å². The molecule has 0 N–H and O–H groups in total. The highest BCUT2D eigenvalue weighted by molar-refractivity contribution is 5.62. The van der Waals surface area contributed by atoms with E-state index < -0.39 is 0 Å². The molecule has 1 atom stereocenters. The Kier molecular flexibility index (Phi) is 4.67. The van der Waals surface area contributed by atoms with Crippen LogP contribution in [0.4, 0.5) is 4.39 Å². The Morgan fingerprint density at radius 3 is 2.73 bits per heavy atom. The highest BCUT2D eigenvalue weighted by Gasteiger charge is 2.23. The summed E-state index contributed by atoms with van der Waals surface area (Å²) >= 11 is 0. The minimum absolute atomic E-state index is 0.0550. The van der Waals surface area contributed by atoms with Crippen molar-refractivity contribution in [2.24, 2.45) is 0 Å². The predicted molar refractivity (Wildman–Crippen MR) is 100 cm³/mol. The van der Waals surface area contributed by atoms with E-state index in [0.717, 1.165) is 41.8 Å². The quantitative estimate of drug-likeness (QED) is 0.685. The van der Waals surface area contributed by atoms with E-state index in [1.54, 1.807) is 12.1 Å². The van der Waals surface area contributed by atoms with E-state index in [1.165, 1.54) is 17.7 Å². The molecule has 1 aliphatic heterocycles. The van der Waals surface area contributed by atoms with Crippen molar-refractivity contribution in [3.8, 4) is 16.9 Å². The molecule has 2 aromatic carbocycles. The van der Waals surface area contributed by atoms with Gasteiger partial charge in [-0.15, -0.1) is 0 Å². The lowest BCUT2D eigenvalue weighted by Gasteiger charge is -2.32. The lowest BCUT2D eigenvalue weighted by molar-refractivity contribution is 0.0226. The fourth-order valence-electron chi connectivity index (χ4n) is 3.38. The SMILES string of the molecule is CN(Cc1cncc(-c2ccc(F)cc2)c1)C1CCc2ccccc2O1. The third kappa shape index (κ3) is 3.60. The maximum Gasteiger partial charge on any atom is 0.153 e. The lowest BCUT2D eigenvalue weighted by Crippen LogP contribution is -2.38. The molecule has 1 aromatic heterocycles. The molecule has 4 rings (SSSR count). The monoisotopic (exact) mass is 348 g/mol. The molecule has 0 fully saturated rings. The minimum atomic E-state index is -0.229. The number of ether oxygens (including phenoxy) is 1. The molecule has 0 amide bonds. The molecule has 132 valence electrons. The van der Waals surface area contributed by atoms with Crippen molar-refractivity contribution in [2.75, 3.05) is 7.05 Å². The second-order valence-corrected chi connectivity index (χ2v) is 6.72. The predicted octanol–water partition coefficient (Wildman–Crippen LogP) is 4.67. The molecular formula is C22H21FN2O. The largest absolute Gasteiger partial charge is 0.475 e. The zero-order valence-corrected chi connectivity index (χ0v) is 14.7. The van der Waals surface area contributed by atoms with Crippen molar-refractivity contribution in [1.29, 1.82) is 0 Å². The Morgan fingerprint density at radius 2 is 1.88 bits per heavy atom. The van der Waals surface area contributed by atoms with Gasteiger partial charge in [0.2, 0.25) is 0 Å². The summed E-state index contributed by atoms with van der Waals surface area (Å²) in [5.41, 5.74) is 4.34. The fraction of sp³-hybridized carbons (Fsp3) is 0.227. The van der Waals surface area contributed by atoms with Gasteiger partial charge in [0.15, 0.2) is 6.23 Å². The van der Waals surface area contributed by atoms with Crippen molar-refractivity contribution in [3.05, 3.63) is 83.9 Å². The molecule has 0 saturated heterocycles. The van der Waals surface area contributed by atoms with Crippen LogP contribution in [-0.2, 0) is 13.0 Å². The smallest absolute Gasteiger partial charge is 0.153 e.